The third-order valence-corrected chi connectivity index (χ3v) is 5.86. The Kier molecular flexibility index (Phi) is 9.30. The average Bonchev–Trinajstić information content (AvgIpc) is 3.15. The lowest BCUT2D eigenvalue weighted by atomic mass is 10.1. The van der Waals surface area contributed by atoms with E-state index in [0.29, 0.717) is 29.2 Å². The third-order valence-electron chi connectivity index (χ3n) is 5.86. The van der Waals surface area contributed by atoms with E-state index >= 15 is 0 Å². The summed E-state index contributed by atoms with van der Waals surface area (Å²) in [4.78, 5) is 30.0. The largest absolute Gasteiger partial charge is 0.497 e. The molecule has 36 heavy (non-hydrogen) atoms. The molecule has 9 nitrogen and oxygen atoms in total. The fraction of sp³-hybridized carbons (Fsp3) is 0.444. The Hall–Kier alpha value is -3.59. The lowest BCUT2D eigenvalue weighted by Crippen LogP contribution is -2.20. The van der Waals surface area contributed by atoms with Gasteiger partial charge in [-0.3, -0.25) is 4.79 Å². The van der Waals surface area contributed by atoms with Crippen LogP contribution in [0, 0.1) is 5.92 Å². The van der Waals surface area contributed by atoms with Gasteiger partial charge in [0.25, 0.3) is 0 Å². The number of nitrogens with zero attached hydrogens (tertiary/aromatic N) is 2. The van der Waals surface area contributed by atoms with Gasteiger partial charge in [0.15, 0.2) is 5.69 Å². The molecule has 0 saturated heterocycles. The van der Waals surface area contributed by atoms with E-state index in [2.05, 4.69) is 36.4 Å². The number of rotatable bonds is 12. The summed E-state index contributed by atoms with van der Waals surface area (Å²) in [6.45, 7) is 6.74. The minimum absolute atomic E-state index is 0.104. The van der Waals surface area contributed by atoms with Gasteiger partial charge in [0.05, 0.1) is 31.8 Å². The van der Waals surface area contributed by atoms with Crippen molar-refractivity contribution in [3.05, 3.63) is 47.8 Å². The lowest BCUT2D eigenvalue weighted by molar-refractivity contribution is -0.119. The third kappa shape index (κ3) is 6.54. The van der Waals surface area contributed by atoms with E-state index in [0.717, 1.165) is 24.3 Å². The van der Waals surface area contributed by atoms with E-state index in [9.17, 15) is 9.59 Å². The highest BCUT2D eigenvalue weighted by Crippen LogP contribution is 2.33. The Morgan fingerprint density at radius 3 is 2.42 bits per heavy atom. The number of ether oxygens (including phenoxy) is 3. The summed E-state index contributed by atoms with van der Waals surface area (Å²) < 4.78 is 17.1. The zero-order valence-electron chi connectivity index (χ0n) is 21.9. The van der Waals surface area contributed by atoms with Gasteiger partial charge in [-0.25, -0.2) is 9.78 Å². The van der Waals surface area contributed by atoms with E-state index in [1.54, 1.807) is 13.3 Å². The van der Waals surface area contributed by atoms with E-state index in [-0.39, 0.29) is 24.2 Å². The molecule has 2 N–H and O–H groups in total. The minimum Gasteiger partial charge on any atom is -0.497 e. The molecule has 2 heterocycles. The van der Waals surface area contributed by atoms with Crippen molar-refractivity contribution < 1.29 is 23.8 Å². The second-order valence-electron chi connectivity index (χ2n) is 9.22. The molecule has 0 aliphatic carbocycles. The Labute approximate surface area is 212 Å². The summed E-state index contributed by atoms with van der Waals surface area (Å²) in [5, 5.41) is 6.98. The predicted molar refractivity (Wildman–Crippen MR) is 141 cm³/mol. The van der Waals surface area contributed by atoms with E-state index in [1.807, 2.05) is 34.9 Å². The van der Waals surface area contributed by atoms with Crippen LogP contribution in [0.5, 0.6) is 5.75 Å². The summed E-state index contributed by atoms with van der Waals surface area (Å²) in [5.41, 5.74) is 3.21. The van der Waals surface area contributed by atoms with Crippen LogP contribution in [0.25, 0.3) is 11.0 Å². The SMILES string of the molecule is COCC(=O)Nc1c(C(=O)OC)n(CCC(C)C)c2ncc(NC(C)Cc3ccc(OC)cc3)cc12. The number of hydrogen-bond acceptors (Lipinski definition) is 7. The van der Waals surface area contributed by atoms with Gasteiger partial charge in [0.1, 0.15) is 18.0 Å². The molecule has 0 fully saturated rings. The van der Waals surface area contributed by atoms with E-state index in [4.69, 9.17) is 14.2 Å². The molecule has 1 amide bonds. The Balaban J connectivity index is 1.98. The number of nitrogens with one attached hydrogen (secondary N) is 2. The smallest absolute Gasteiger partial charge is 0.356 e. The second kappa shape index (κ2) is 12.4. The lowest BCUT2D eigenvalue weighted by Gasteiger charge is -2.16. The monoisotopic (exact) mass is 496 g/mol. The first kappa shape index (κ1) is 27.0. The van der Waals surface area contributed by atoms with Crippen molar-refractivity contribution in [1.29, 1.82) is 0 Å². The van der Waals surface area contributed by atoms with Crippen LogP contribution in [0.2, 0.25) is 0 Å². The van der Waals surface area contributed by atoms with Crippen LogP contribution in [0.15, 0.2) is 36.5 Å². The molecule has 0 radical (unpaired) electrons. The van der Waals surface area contributed by atoms with Crippen molar-refractivity contribution in [1.82, 2.24) is 9.55 Å². The molecule has 1 aromatic carbocycles. The number of anilines is 2. The zero-order valence-corrected chi connectivity index (χ0v) is 21.9. The van der Waals surface area contributed by atoms with Gasteiger partial charge in [-0.15, -0.1) is 0 Å². The van der Waals surface area contributed by atoms with E-state index < -0.39 is 5.97 Å². The molecule has 0 spiro atoms. The number of aromatic nitrogens is 2. The number of hydrogen-bond donors (Lipinski definition) is 2. The normalized spacial score (nSPS) is 12.0. The topological polar surface area (TPSA) is 104 Å². The van der Waals surface area contributed by atoms with Crippen molar-refractivity contribution in [3.63, 3.8) is 0 Å². The predicted octanol–water partition coefficient (Wildman–Crippen LogP) is 4.51. The first-order chi connectivity index (χ1) is 17.3. The minimum atomic E-state index is -0.535. The zero-order chi connectivity index (χ0) is 26.2. The Morgan fingerprint density at radius 1 is 1.08 bits per heavy atom. The van der Waals surface area contributed by atoms with Crippen molar-refractivity contribution in [3.8, 4) is 5.75 Å². The number of carbonyl (C=O) groups excluding carboxylic acids is 2. The highest BCUT2D eigenvalue weighted by Gasteiger charge is 2.26. The second-order valence-corrected chi connectivity index (χ2v) is 9.22. The van der Waals surface area contributed by atoms with Crippen LogP contribution in [-0.2, 0) is 27.2 Å². The molecule has 2 aromatic heterocycles. The van der Waals surface area contributed by atoms with Gasteiger partial charge >= 0.3 is 5.97 Å². The molecule has 0 bridgehead atoms. The number of carbonyl (C=O) groups is 2. The van der Waals surface area contributed by atoms with Crippen LogP contribution in [0.1, 0.15) is 43.2 Å². The van der Waals surface area contributed by atoms with Crippen molar-refractivity contribution in [2.75, 3.05) is 38.6 Å². The van der Waals surface area contributed by atoms with Gasteiger partial charge in [0.2, 0.25) is 5.91 Å². The van der Waals surface area contributed by atoms with Crippen LogP contribution >= 0.6 is 0 Å². The maximum atomic E-state index is 12.8. The first-order valence-electron chi connectivity index (χ1n) is 12.1. The molecule has 194 valence electrons. The molecular formula is C27H36N4O5. The summed E-state index contributed by atoms with van der Waals surface area (Å²) >= 11 is 0. The van der Waals surface area contributed by atoms with Crippen LogP contribution in [-0.4, -0.2) is 55.4 Å². The highest BCUT2D eigenvalue weighted by atomic mass is 16.5. The number of pyridine rings is 1. The van der Waals surface area contributed by atoms with Crippen molar-refractivity contribution in [2.24, 2.45) is 5.92 Å². The number of benzene rings is 1. The molecule has 0 aliphatic heterocycles. The first-order valence-corrected chi connectivity index (χ1v) is 12.1. The van der Waals surface area contributed by atoms with Crippen LogP contribution < -0.4 is 15.4 Å². The molecule has 1 atom stereocenters. The average molecular weight is 497 g/mol. The van der Waals surface area contributed by atoms with Crippen molar-refractivity contribution in [2.45, 2.75) is 46.2 Å². The molecule has 0 aliphatic rings. The summed E-state index contributed by atoms with van der Waals surface area (Å²) in [5.74, 6) is 0.336. The molecule has 3 rings (SSSR count). The standard InChI is InChI=1S/C27H36N4O5/c1-17(2)11-12-31-25(27(33)36-6)24(30-23(32)16-34-4)22-14-20(15-28-26(22)31)29-18(3)13-19-7-9-21(35-5)10-8-19/h7-10,14-15,17-18,29H,11-13,16H2,1-6H3,(H,30,32). The number of amides is 1. The summed E-state index contributed by atoms with van der Waals surface area (Å²) in [6, 6.07) is 9.98. The van der Waals surface area contributed by atoms with E-state index in [1.165, 1.54) is 19.8 Å². The molecule has 9 heteroatoms. The summed E-state index contributed by atoms with van der Waals surface area (Å²) in [6.07, 6.45) is 3.38. The highest BCUT2D eigenvalue weighted by molar-refractivity contribution is 6.11. The molecular weight excluding hydrogens is 460 g/mol. The number of aryl methyl sites for hydroxylation is 1. The summed E-state index contributed by atoms with van der Waals surface area (Å²) in [7, 11) is 4.42. The van der Waals surface area contributed by atoms with Crippen LogP contribution in [0.4, 0.5) is 11.4 Å². The maximum Gasteiger partial charge on any atom is 0.356 e. The van der Waals surface area contributed by atoms with Gasteiger partial charge < -0.3 is 29.4 Å². The van der Waals surface area contributed by atoms with Crippen LogP contribution in [0.3, 0.4) is 0 Å². The maximum absolute atomic E-state index is 12.8. The Bertz CT molecular complexity index is 1190. The molecule has 1 unspecified atom stereocenters. The number of esters is 1. The fourth-order valence-electron chi connectivity index (χ4n) is 4.10. The number of methoxy groups -OCH3 is 3. The molecule has 0 saturated carbocycles. The van der Waals surface area contributed by atoms with Gasteiger partial charge in [-0.1, -0.05) is 26.0 Å². The number of fused-ring (bicyclic) bond motifs is 1. The fourth-order valence-corrected chi connectivity index (χ4v) is 4.10. The van der Waals surface area contributed by atoms with Crippen molar-refractivity contribution >= 4 is 34.3 Å². The van der Waals surface area contributed by atoms with Gasteiger partial charge in [-0.2, -0.15) is 0 Å². The van der Waals surface area contributed by atoms with Gasteiger partial charge in [0, 0.05) is 25.1 Å². The molecule has 3 aromatic rings. The quantitative estimate of drug-likeness (QED) is 0.356. The Morgan fingerprint density at radius 2 is 1.81 bits per heavy atom. The van der Waals surface area contributed by atoms with Gasteiger partial charge in [-0.05, 0) is 49.4 Å².